The Morgan fingerprint density at radius 1 is 0.926 bits per heavy atom. The van der Waals surface area contributed by atoms with Crippen LogP contribution < -0.4 is 5.32 Å². The van der Waals surface area contributed by atoms with Crippen LogP contribution in [0.15, 0.2) is 48.5 Å². The van der Waals surface area contributed by atoms with Gasteiger partial charge in [0.2, 0.25) is 5.91 Å². The molecule has 0 unspecified atom stereocenters. The van der Waals surface area contributed by atoms with Crippen LogP contribution in [0.2, 0.25) is 5.02 Å². The third-order valence-corrected chi connectivity index (χ3v) is 5.05. The molecule has 144 valence electrons. The summed E-state index contributed by atoms with van der Waals surface area (Å²) in [5, 5.41) is 3.71. The third-order valence-electron chi connectivity index (χ3n) is 4.80. The standard InChI is InChI=1S/C21H25ClFN3O/c22-19-5-1-18(2-6-19)15-25-11-13-26(14-12-25)16-21(27)24-10-9-17-3-7-20(23)8-4-17/h1-8H,9-16H2,(H,24,27). The molecule has 0 aromatic heterocycles. The van der Waals surface area contributed by atoms with Crippen LogP contribution in [-0.4, -0.2) is 55.0 Å². The number of hydrogen-bond acceptors (Lipinski definition) is 3. The molecule has 0 aliphatic carbocycles. The summed E-state index contributed by atoms with van der Waals surface area (Å²) in [7, 11) is 0. The lowest BCUT2D eigenvalue weighted by Gasteiger charge is -2.34. The summed E-state index contributed by atoms with van der Waals surface area (Å²) < 4.78 is 12.9. The van der Waals surface area contributed by atoms with Crippen molar-refractivity contribution in [1.82, 2.24) is 15.1 Å². The Bertz CT molecular complexity index is 728. The first-order chi connectivity index (χ1) is 13.1. The quantitative estimate of drug-likeness (QED) is 0.790. The number of hydrogen-bond donors (Lipinski definition) is 1. The average Bonchev–Trinajstić information content (AvgIpc) is 2.67. The molecule has 3 rings (SSSR count). The highest BCUT2D eigenvalue weighted by Gasteiger charge is 2.18. The smallest absolute Gasteiger partial charge is 0.234 e. The maximum atomic E-state index is 12.9. The van der Waals surface area contributed by atoms with E-state index in [1.54, 1.807) is 12.1 Å². The number of carbonyl (C=O) groups is 1. The van der Waals surface area contributed by atoms with Gasteiger partial charge in [-0.15, -0.1) is 0 Å². The average molecular weight is 390 g/mol. The van der Waals surface area contributed by atoms with Crippen LogP contribution in [-0.2, 0) is 17.8 Å². The summed E-state index contributed by atoms with van der Waals surface area (Å²) in [6, 6.07) is 14.4. The molecule has 4 nitrogen and oxygen atoms in total. The van der Waals surface area contributed by atoms with Gasteiger partial charge in [-0.2, -0.15) is 0 Å². The molecule has 2 aromatic carbocycles. The van der Waals surface area contributed by atoms with Gasteiger partial charge in [0, 0.05) is 44.3 Å². The third kappa shape index (κ3) is 6.61. The minimum atomic E-state index is -0.238. The molecule has 1 heterocycles. The zero-order chi connectivity index (χ0) is 19.1. The highest BCUT2D eigenvalue weighted by atomic mass is 35.5. The normalized spacial score (nSPS) is 15.6. The molecule has 0 spiro atoms. The Hall–Kier alpha value is -1.95. The number of nitrogens with one attached hydrogen (secondary N) is 1. The van der Waals surface area contributed by atoms with Crippen LogP contribution in [0.4, 0.5) is 4.39 Å². The molecular weight excluding hydrogens is 365 g/mol. The highest BCUT2D eigenvalue weighted by molar-refractivity contribution is 6.30. The van der Waals surface area contributed by atoms with Gasteiger partial charge in [-0.25, -0.2) is 4.39 Å². The number of amides is 1. The summed E-state index contributed by atoms with van der Waals surface area (Å²) in [6.45, 7) is 5.59. The Morgan fingerprint density at radius 2 is 1.52 bits per heavy atom. The molecular formula is C21H25ClFN3O. The minimum Gasteiger partial charge on any atom is -0.355 e. The number of carbonyl (C=O) groups excluding carboxylic acids is 1. The summed E-state index contributed by atoms with van der Waals surface area (Å²) in [6.07, 6.45) is 0.709. The van der Waals surface area contributed by atoms with Crippen LogP contribution >= 0.6 is 11.6 Å². The zero-order valence-electron chi connectivity index (χ0n) is 15.3. The van der Waals surface area contributed by atoms with Gasteiger partial charge in [-0.3, -0.25) is 14.6 Å². The highest BCUT2D eigenvalue weighted by Crippen LogP contribution is 2.13. The predicted molar refractivity (Wildman–Crippen MR) is 106 cm³/mol. The second kappa shape index (κ2) is 9.83. The van der Waals surface area contributed by atoms with Gasteiger partial charge in [0.1, 0.15) is 5.82 Å². The Kier molecular flexibility index (Phi) is 7.21. The van der Waals surface area contributed by atoms with Gasteiger partial charge >= 0.3 is 0 Å². The summed E-state index contributed by atoms with van der Waals surface area (Å²) in [5.41, 5.74) is 2.28. The first-order valence-corrected chi connectivity index (χ1v) is 9.66. The fourth-order valence-corrected chi connectivity index (χ4v) is 3.34. The predicted octanol–water partition coefficient (Wildman–Crippen LogP) is 2.96. The van der Waals surface area contributed by atoms with Gasteiger partial charge in [0.05, 0.1) is 6.54 Å². The molecule has 1 fully saturated rings. The monoisotopic (exact) mass is 389 g/mol. The Morgan fingerprint density at radius 3 is 2.19 bits per heavy atom. The van der Waals surface area contributed by atoms with E-state index in [0.29, 0.717) is 19.5 Å². The molecule has 1 amide bonds. The lowest BCUT2D eigenvalue weighted by Crippen LogP contribution is -2.49. The number of benzene rings is 2. The van der Waals surface area contributed by atoms with E-state index in [9.17, 15) is 9.18 Å². The molecule has 1 saturated heterocycles. The molecule has 6 heteroatoms. The molecule has 1 aliphatic heterocycles. The van der Waals surface area contributed by atoms with E-state index in [0.717, 1.165) is 43.3 Å². The van der Waals surface area contributed by atoms with Crippen molar-refractivity contribution in [3.63, 3.8) is 0 Å². The molecule has 0 saturated carbocycles. The summed E-state index contributed by atoms with van der Waals surface area (Å²) in [5.74, 6) is -0.193. The van der Waals surface area contributed by atoms with E-state index >= 15 is 0 Å². The van der Waals surface area contributed by atoms with Gasteiger partial charge in [0.15, 0.2) is 0 Å². The lowest BCUT2D eigenvalue weighted by molar-refractivity contribution is -0.122. The first kappa shape index (κ1) is 19.8. The van der Waals surface area contributed by atoms with E-state index in [-0.39, 0.29) is 11.7 Å². The molecule has 0 atom stereocenters. The number of nitrogens with zero attached hydrogens (tertiary/aromatic N) is 2. The second-order valence-corrected chi connectivity index (χ2v) is 7.34. The van der Waals surface area contributed by atoms with Crippen molar-refractivity contribution >= 4 is 17.5 Å². The van der Waals surface area contributed by atoms with Crippen molar-refractivity contribution in [1.29, 1.82) is 0 Å². The van der Waals surface area contributed by atoms with Crippen molar-refractivity contribution in [3.8, 4) is 0 Å². The van der Waals surface area contributed by atoms with E-state index in [1.807, 2.05) is 12.1 Å². The number of halogens is 2. The van der Waals surface area contributed by atoms with Gasteiger partial charge in [-0.1, -0.05) is 35.9 Å². The molecule has 1 aliphatic rings. The van der Waals surface area contributed by atoms with E-state index < -0.39 is 0 Å². The molecule has 2 aromatic rings. The van der Waals surface area contributed by atoms with Crippen LogP contribution in [0.1, 0.15) is 11.1 Å². The van der Waals surface area contributed by atoms with Gasteiger partial charge < -0.3 is 5.32 Å². The zero-order valence-corrected chi connectivity index (χ0v) is 16.1. The van der Waals surface area contributed by atoms with E-state index in [2.05, 4.69) is 27.2 Å². The van der Waals surface area contributed by atoms with Crippen molar-refractivity contribution in [2.75, 3.05) is 39.3 Å². The van der Waals surface area contributed by atoms with Gasteiger partial charge in [-0.05, 0) is 41.8 Å². The van der Waals surface area contributed by atoms with Crippen LogP contribution in [0.3, 0.4) is 0 Å². The van der Waals surface area contributed by atoms with E-state index in [4.69, 9.17) is 11.6 Å². The van der Waals surface area contributed by atoms with Crippen LogP contribution in [0, 0.1) is 5.82 Å². The lowest BCUT2D eigenvalue weighted by atomic mass is 10.1. The molecule has 1 N–H and O–H groups in total. The second-order valence-electron chi connectivity index (χ2n) is 6.91. The fourth-order valence-electron chi connectivity index (χ4n) is 3.21. The van der Waals surface area contributed by atoms with Crippen molar-refractivity contribution in [2.45, 2.75) is 13.0 Å². The largest absolute Gasteiger partial charge is 0.355 e. The molecule has 27 heavy (non-hydrogen) atoms. The maximum Gasteiger partial charge on any atom is 0.234 e. The maximum absolute atomic E-state index is 12.9. The Labute approximate surface area is 164 Å². The van der Waals surface area contributed by atoms with Crippen LogP contribution in [0.25, 0.3) is 0 Å². The summed E-state index contributed by atoms with van der Waals surface area (Å²) in [4.78, 5) is 16.7. The number of piperazine rings is 1. The van der Waals surface area contributed by atoms with Gasteiger partial charge in [0.25, 0.3) is 0 Å². The summed E-state index contributed by atoms with van der Waals surface area (Å²) >= 11 is 5.93. The molecule has 0 bridgehead atoms. The Balaban J connectivity index is 1.33. The SMILES string of the molecule is O=C(CN1CCN(Cc2ccc(Cl)cc2)CC1)NCCc1ccc(F)cc1. The van der Waals surface area contributed by atoms with Crippen molar-refractivity contribution < 1.29 is 9.18 Å². The van der Waals surface area contributed by atoms with Crippen molar-refractivity contribution in [3.05, 3.63) is 70.5 Å². The fraction of sp³-hybridized carbons (Fsp3) is 0.381. The van der Waals surface area contributed by atoms with Crippen LogP contribution in [0.5, 0.6) is 0 Å². The first-order valence-electron chi connectivity index (χ1n) is 9.29. The minimum absolute atomic E-state index is 0.0447. The topological polar surface area (TPSA) is 35.6 Å². The van der Waals surface area contributed by atoms with E-state index in [1.165, 1.54) is 17.7 Å². The molecule has 0 radical (unpaired) electrons. The van der Waals surface area contributed by atoms with Crippen molar-refractivity contribution in [2.24, 2.45) is 0 Å². The number of rotatable bonds is 7.